The topological polar surface area (TPSA) is 164 Å². The standard InChI is InChI=1S/C27H31N9O3S/c28-40(38,39)26-24(32-25(37)23-3-1-2-21(31-23)22-8-12-30-33-22)17-36(34-26)20-6-4-19(5-7-20)16-35-15-11-27(18-35)9-13-29-14-10-27/h1-8,12,17,29H,9-11,13-16,18H2,(H,30,33)(H,32,37)(H2,28,38,39). The number of likely N-dealkylation sites (tertiary alicyclic amines) is 1. The van der Waals surface area contributed by atoms with Crippen LogP contribution in [0, 0.1) is 5.41 Å². The van der Waals surface area contributed by atoms with Gasteiger partial charge in [-0.1, -0.05) is 18.2 Å². The molecule has 4 aromatic rings. The van der Waals surface area contributed by atoms with Gasteiger partial charge in [0.15, 0.2) is 0 Å². The van der Waals surface area contributed by atoms with E-state index >= 15 is 0 Å². The average molecular weight is 562 g/mol. The van der Waals surface area contributed by atoms with Gasteiger partial charge in [0, 0.05) is 19.3 Å². The zero-order valence-corrected chi connectivity index (χ0v) is 22.7. The molecule has 2 saturated heterocycles. The van der Waals surface area contributed by atoms with Crippen molar-refractivity contribution in [1.29, 1.82) is 0 Å². The van der Waals surface area contributed by atoms with Gasteiger partial charge in [0.2, 0.25) is 5.03 Å². The van der Waals surface area contributed by atoms with E-state index in [1.165, 1.54) is 41.8 Å². The van der Waals surface area contributed by atoms with Crippen LogP contribution in [0.3, 0.4) is 0 Å². The van der Waals surface area contributed by atoms with Crippen molar-refractivity contribution in [2.45, 2.75) is 30.8 Å². The van der Waals surface area contributed by atoms with Gasteiger partial charge in [0.05, 0.1) is 23.3 Å². The third-order valence-corrected chi connectivity index (χ3v) is 8.59. The van der Waals surface area contributed by atoms with Crippen molar-refractivity contribution in [3.8, 4) is 17.1 Å². The first-order valence-corrected chi connectivity index (χ1v) is 14.8. The number of benzene rings is 1. The zero-order chi connectivity index (χ0) is 27.7. The average Bonchev–Trinajstić information content (AvgIpc) is 3.71. The summed E-state index contributed by atoms with van der Waals surface area (Å²) in [4.78, 5) is 19.9. The number of rotatable bonds is 7. The van der Waals surface area contributed by atoms with Crippen LogP contribution < -0.4 is 15.8 Å². The normalized spacial score (nSPS) is 17.3. The molecule has 12 nitrogen and oxygen atoms in total. The van der Waals surface area contributed by atoms with Crippen molar-refractivity contribution in [2.75, 3.05) is 31.5 Å². The van der Waals surface area contributed by atoms with E-state index in [1.807, 2.05) is 24.3 Å². The van der Waals surface area contributed by atoms with Crippen LogP contribution in [0.4, 0.5) is 5.69 Å². The summed E-state index contributed by atoms with van der Waals surface area (Å²) in [5.41, 5.74) is 3.49. The first kappa shape index (κ1) is 26.3. The van der Waals surface area contributed by atoms with Crippen LogP contribution >= 0.6 is 0 Å². The molecule has 1 amide bonds. The molecule has 5 N–H and O–H groups in total. The van der Waals surface area contributed by atoms with Crippen molar-refractivity contribution in [3.63, 3.8) is 0 Å². The third kappa shape index (κ3) is 5.54. The lowest BCUT2D eigenvalue weighted by molar-refractivity contribution is 0.102. The number of nitrogens with two attached hydrogens (primary N) is 1. The van der Waals surface area contributed by atoms with E-state index < -0.39 is 21.0 Å². The highest BCUT2D eigenvalue weighted by molar-refractivity contribution is 7.89. The van der Waals surface area contributed by atoms with E-state index in [0.29, 0.717) is 22.5 Å². The summed E-state index contributed by atoms with van der Waals surface area (Å²) in [6.07, 6.45) is 6.73. The molecule has 208 valence electrons. The van der Waals surface area contributed by atoms with Gasteiger partial charge in [-0.3, -0.25) is 14.8 Å². The SMILES string of the molecule is NS(=O)(=O)c1nn(-c2ccc(CN3CCC4(CCNCC4)C3)cc2)cc1NC(=O)c1cccc(-c2ccn[nH]2)n1. The molecule has 2 fully saturated rings. The number of nitrogens with zero attached hydrogens (tertiary/aromatic N) is 5. The smallest absolute Gasteiger partial charge is 0.274 e. The molecular formula is C27H31N9O3S. The van der Waals surface area contributed by atoms with Crippen molar-refractivity contribution < 1.29 is 13.2 Å². The van der Waals surface area contributed by atoms with Crippen LogP contribution in [0.1, 0.15) is 35.3 Å². The van der Waals surface area contributed by atoms with Gasteiger partial charge in [-0.25, -0.2) is 23.2 Å². The largest absolute Gasteiger partial charge is 0.317 e. The number of nitrogens with one attached hydrogen (secondary N) is 3. The number of aromatic amines is 1. The minimum atomic E-state index is -4.22. The van der Waals surface area contributed by atoms with E-state index in [2.05, 4.69) is 35.8 Å². The van der Waals surface area contributed by atoms with Crippen LogP contribution in [0.15, 0.2) is 66.0 Å². The highest BCUT2D eigenvalue weighted by Gasteiger charge is 2.38. The summed E-state index contributed by atoms with van der Waals surface area (Å²) in [5.74, 6) is -0.599. The number of anilines is 1. The minimum Gasteiger partial charge on any atom is -0.317 e. The summed E-state index contributed by atoms with van der Waals surface area (Å²) in [7, 11) is -4.22. The predicted molar refractivity (Wildman–Crippen MR) is 149 cm³/mol. The van der Waals surface area contributed by atoms with Gasteiger partial charge in [0.25, 0.3) is 15.9 Å². The van der Waals surface area contributed by atoms with Crippen molar-refractivity contribution >= 4 is 21.6 Å². The Balaban J connectivity index is 1.18. The molecule has 0 saturated carbocycles. The number of sulfonamides is 1. The maximum absolute atomic E-state index is 13.0. The number of H-pyrrole nitrogens is 1. The van der Waals surface area contributed by atoms with E-state index in [4.69, 9.17) is 5.14 Å². The molecule has 2 aliphatic heterocycles. The van der Waals surface area contributed by atoms with Crippen LogP contribution in [-0.4, -0.2) is 70.4 Å². The maximum atomic E-state index is 13.0. The molecule has 5 heterocycles. The van der Waals surface area contributed by atoms with E-state index in [1.54, 1.807) is 24.4 Å². The van der Waals surface area contributed by atoms with Gasteiger partial charge < -0.3 is 10.6 Å². The fourth-order valence-electron chi connectivity index (χ4n) is 5.62. The number of piperidine rings is 1. The number of hydrogen-bond acceptors (Lipinski definition) is 8. The van der Waals surface area contributed by atoms with Crippen LogP contribution in [0.25, 0.3) is 17.1 Å². The molecule has 1 spiro atoms. The number of aromatic nitrogens is 5. The van der Waals surface area contributed by atoms with Gasteiger partial charge >= 0.3 is 0 Å². The van der Waals surface area contributed by atoms with E-state index in [0.717, 1.165) is 32.7 Å². The monoisotopic (exact) mass is 561 g/mol. The second-order valence-electron chi connectivity index (χ2n) is 10.5. The molecule has 0 atom stereocenters. The zero-order valence-electron chi connectivity index (χ0n) is 21.9. The number of pyridine rings is 1. The lowest BCUT2D eigenvalue weighted by Crippen LogP contribution is -2.38. The van der Waals surface area contributed by atoms with E-state index in [9.17, 15) is 13.2 Å². The number of primary sulfonamides is 1. The molecule has 2 aliphatic rings. The number of carbonyl (C=O) groups is 1. The second-order valence-corrected chi connectivity index (χ2v) is 12.0. The van der Waals surface area contributed by atoms with E-state index in [-0.39, 0.29) is 11.4 Å². The molecule has 3 aromatic heterocycles. The molecule has 1 aromatic carbocycles. The van der Waals surface area contributed by atoms with Crippen LogP contribution in [-0.2, 0) is 16.6 Å². The lowest BCUT2D eigenvalue weighted by Gasteiger charge is -2.33. The Morgan fingerprint density at radius 2 is 1.88 bits per heavy atom. The molecule has 0 aliphatic carbocycles. The fourth-order valence-corrected chi connectivity index (χ4v) is 6.23. The molecular weight excluding hydrogens is 530 g/mol. The summed E-state index contributed by atoms with van der Waals surface area (Å²) in [6, 6.07) is 14.5. The molecule has 0 unspecified atom stereocenters. The first-order valence-electron chi connectivity index (χ1n) is 13.2. The Kier molecular flexibility index (Phi) is 6.96. The fraction of sp³-hybridized carbons (Fsp3) is 0.333. The summed E-state index contributed by atoms with van der Waals surface area (Å²) in [6.45, 7) is 5.28. The van der Waals surface area contributed by atoms with Crippen molar-refractivity contribution in [3.05, 3.63) is 72.2 Å². The Morgan fingerprint density at radius 1 is 1.07 bits per heavy atom. The van der Waals surface area contributed by atoms with Crippen LogP contribution in [0.2, 0.25) is 0 Å². The first-order chi connectivity index (χ1) is 19.3. The Bertz CT molecular complexity index is 1610. The van der Waals surface area contributed by atoms with Gasteiger partial charge in [-0.15, -0.1) is 0 Å². The predicted octanol–water partition coefficient (Wildman–Crippen LogP) is 2.13. The molecule has 0 radical (unpaired) electrons. The van der Waals surface area contributed by atoms with Gasteiger partial charge in [-0.2, -0.15) is 10.2 Å². The lowest BCUT2D eigenvalue weighted by atomic mass is 9.78. The maximum Gasteiger partial charge on any atom is 0.274 e. The quantitative estimate of drug-likeness (QED) is 0.267. The summed E-state index contributed by atoms with van der Waals surface area (Å²) >= 11 is 0. The highest BCUT2D eigenvalue weighted by atomic mass is 32.2. The number of carbonyl (C=O) groups excluding carboxylic acids is 1. The molecule has 6 rings (SSSR count). The second kappa shape index (κ2) is 10.6. The van der Waals surface area contributed by atoms with Gasteiger partial charge in [0.1, 0.15) is 11.4 Å². The molecule has 13 heteroatoms. The number of hydrogen-bond donors (Lipinski definition) is 4. The third-order valence-electron chi connectivity index (χ3n) is 7.75. The Labute approximate surface area is 232 Å². The summed E-state index contributed by atoms with van der Waals surface area (Å²) < 4.78 is 26.0. The Hall–Kier alpha value is -3.91. The number of amides is 1. The summed E-state index contributed by atoms with van der Waals surface area (Å²) in [5, 5.41) is 22.0. The highest BCUT2D eigenvalue weighted by Crippen LogP contribution is 2.39. The molecule has 0 bridgehead atoms. The van der Waals surface area contributed by atoms with Crippen molar-refractivity contribution in [1.82, 2.24) is 35.2 Å². The van der Waals surface area contributed by atoms with Crippen molar-refractivity contribution in [2.24, 2.45) is 10.6 Å². The Morgan fingerprint density at radius 3 is 2.60 bits per heavy atom. The van der Waals surface area contributed by atoms with Gasteiger partial charge in [-0.05, 0) is 80.2 Å². The van der Waals surface area contributed by atoms with Crippen LogP contribution in [0.5, 0.6) is 0 Å². The minimum absolute atomic E-state index is 0.0327. The molecule has 40 heavy (non-hydrogen) atoms.